The fourth-order valence-electron chi connectivity index (χ4n) is 4.46. The summed E-state index contributed by atoms with van der Waals surface area (Å²) in [6.45, 7) is 2.14. The Morgan fingerprint density at radius 1 is 1.14 bits per heavy atom. The van der Waals surface area contributed by atoms with Crippen molar-refractivity contribution >= 4 is 23.1 Å². The largest absolute Gasteiger partial charge is 0.483 e. The van der Waals surface area contributed by atoms with Crippen molar-refractivity contribution in [2.75, 3.05) is 11.6 Å². The van der Waals surface area contributed by atoms with Gasteiger partial charge in [-0.3, -0.25) is 9.67 Å². The molecule has 0 radical (unpaired) electrons. The molecule has 178 valence electrons. The molecule has 0 amide bonds. The lowest BCUT2D eigenvalue weighted by Gasteiger charge is -2.23. The monoisotopic (exact) mass is 492 g/mol. The highest BCUT2D eigenvalue weighted by Crippen LogP contribution is 2.30. The quantitative estimate of drug-likeness (QED) is 0.421. The van der Waals surface area contributed by atoms with Crippen LogP contribution in [-0.4, -0.2) is 41.5 Å². The van der Waals surface area contributed by atoms with Crippen molar-refractivity contribution in [3.8, 4) is 17.3 Å². The van der Waals surface area contributed by atoms with Crippen molar-refractivity contribution in [2.24, 2.45) is 12.0 Å². The number of hydrogen-bond acceptors (Lipinski definition) is 6. The number of aromatic nitrogens is 6. The van der Waals surface area contributed by atoms with Gasteiger partial charge in [0.05, 0.1) is 22.6 Å². The van der Waals surface area contributed by atoms with Crippen molar-refractivity contribution in [3.63, 3.8) is 0 Å². The van der Waals surface area contributed by atoms with Gasteiger partial charge in [-0.1, -0.05) is 23.7 Å². The number of ether oxygens (including phenoxy) is 1. The first-order chi connectivity index (χ1) is 17.1. The number of allylic oxidation sites excluding steroid dienone is 1. The van der Waals surface area contributed by atoms with Crippen molar-refractivity contribution in [3.05, 3.63) is 77.2 Å². The summed E-state index contributed by atoms with van der Waals surface area (Å²) < 4.78 is 25.6. The maximum atomic E-state index is 13.9. The maximum absolute atomic E-state index is 13.9. The predicted octanol–water partition coefficient (Wildman–Crippen LogP) is 3.95. The van der Waals surface area contributed by atoms with Gasteiger partial charge in [0.1, 0.15) is 19.1 Å². The van der Waals surface area contributed by atoms with Gasteiger partial charge in [-0.25, -0.2) is 4.39 Å². The smallest absolute Gasteiger partial charge is 0.180 e. The van der Waals surface area contributed by atoms with Crippen LogP contribution >= 0.6 is 11.6 Å². The Kier molecular flexibility index (Phi) is 5.37. The molecule has 2 aliphatic rings. The normalized spacial score (nSPS) is 15.2. The molecule has 11 heteroatoms. The van der Waals surface area contributed by atoms with Gasteiger partial charge in [-0.2, -0.15) is 5.10 Å². The van der Waals surface area contributed by atoms with Gasteiger partial charge in [-0.05, 0) is 24.6 Å². The second-order valence-electron chi connectivity index (χ2n) is 8.38. The number of fused-ring (bicyclic) bond motifs is 3. The van der Waals surface area contributed by atoms with Crippen molar-refractivity contribution in [1.29, 1.82) is 0 Å². The zero-order valence-corrected chi connectivity index (χ0v) is 19.7. The highest BCUT2D eigenvalue weighted by molar-refractivity contribution is 6.46. The molecule has 4 aromatic rings. The Labute approximate surface area is 205 Å². The van der Waals surface area contributed by atoms with E-state index in [1.54, 1.807) is 29.1 Å². The first kappa shape index (κ1) is 21.6. The zero-order valence-electron chi connectivity index (χ0n) is 19.0. The zero-order chi connectivity index (χ0) is 23.9. The number of aryl methyl sites for hydroxylation is 2. The lowest BCUT2D eigenvalue weighted by atomic mass is 10.1. The molecule has 35 heavy (non-hydrogen) atoms. The van der Waals surface area contributed by atoms with Crippen molar-refractivity contribution < 1.29 is 9.13 Å². The van der Waals surface area contributed by atoms with Crippen LogP contribution < -0.4 is 9.64 Å². The van der Waals surface area contributed by atoms with Crippen molar-refractivity contribution in [2.45, 2.75) is 26.1 Å². The number of halogens is 2. The summed E-state index contributed by atoms with van der Waals surface area (Å²) in [7, 11) is 1.88. The molecule has 0 bridgehead atoms. The van der Waals surface area contributed by atoms with Crippen LogP contribution in [0.2, 0.25) is 0 Å². The fraction of sp³-hybridized carbons (Fsp3) is 0.250. The summed E-state index contributed by atoms with van der Waals surface area (Å²) in [4.78, 5) is 6.70. The van der Waals surface area contributed by atoms with Crippen LogP contribution in [0.1, 0.15) is 17.8 Å². The number of benzene rings is 1. The summed E-state index contributed by atoms with van der Waals surface area (Å²) >= 11 is 6.66. The third kappa shape index (κ3) is 3.89. The number of nitrogens with zero attached hydrogens (tertiary/aromatic N) is 8. The Morgan fingerprint density at radius 3 is 2.83 bits per heavy atom. The molecule has 2 aliphatic heterocycles. The molecule has 9 nitrogen and oxygen atoms in total. The van der Waals surface area contributed by atoms with E-state index in [0.29, 0.717) is 17.5 Å². The highest BCUT2D eigenvalue weighted by atomic mass is 35.5. The van der Waals surface area contributed by atoms with Gasteiger partial charge in [-0.15, -0.1) is 10.2 Å². The molecule has 0 fully saturated rings. The van der Waals surface area contributed by atoms with Gasteiger partial charge < -0.3 is 18.8 Å². The third-order valence-electron chi connectivity index (χ3n) is 6.17. The minimum atomic E-state index is -0.401. The van der Waals surface area contributed by atoms with Gasteiger partial charge >= 0.3 is 0 Å². The summed E-state index contributed by atoms with van der Waals surface area (Å²) in [5.74, 6) is 2.10. The Morgan fingerprint density at radius 2 is 2.03 bits per heavy atom. The molecule has 0 saturated carbocycles. The molecule has 5 heterocycles. The third-order valence-corrected chi connectivity index (χ3v) is 6.44. The van der Waals surface area contributed by atoms with E-state index >= 15 is 0 Å². The van der Waals surface area contributed by atoms with E-state index in [1.807, 2.05) is 34.8 Å². The molecule has 0 atom stereocenters. The summed E-state index contributed by atoms with van der Waals surface area (Å²) in [5, 5.41) is 13.5. The van der Waals surface area contributed by atoms with Crippen LogP contribution in [0, 0.1) is 5.82 Å². The molecular formula is C24H22ClFN8O. The average molecular weight is 493 g/mol. The van der Waals surface area contributed by atoms with Crippen LogP contribution in [0.25, 0.3) is 11.5 Å². The molecular weight excluding hydrogens is 471 g/mol. The SMILES string of the molecule is Cn1nccc1N1C=C(Cl)C(c2cc3n(c2)CCCn2c(COc4ccccc4F)nnc2-3)=NC1. The molecule has 0 saturated heterocycles. The predicted molar refractivity (Wildman–Crippen MR) is 130 cm³/mol. The summed E-state index contributed by atoms with van der Waals surface area (Å²) in [6.07, 6.45) is 6.57. The number of para-hydroxylation sites is 1. The first-order valence-electron chi connectivity index (χ1n) is 11.3. The van der Waals surface area contributed by atoms with Gasteiger partial charge in [0.15, 0.2) is 23.2 Å². The van der Waals surface area contributed by atoms with Crippen molar-refractivity contribution in [1.82, 2.24) is 29.1 Å². The van der Waals surface area contributed by atoms with Gasteiger partial charge in [0, 0.05) is 44.2 Å². The fourth-order valence-corrected chi connectivity index (χ4v) is 4.75. The minimum absolute atomic E-state index is 0.132. The Bertz CT molecular complexity index is 1470. The van der Waals surface area contributed by atoms with E-state index in [1.165, 1.54) is 6.07 Å². The van der Waals surface area contributed by atoms with Crippen LogP contribution in [0.3, 0.4) is 0 Å². The molecule has 1 aromatic carbocycles. The lowest BCUT2D eigenvalue weighted by molar-refractivity contribution is 0.274. The summed E-state index contributed by atoms with van der Waals surface area (Å²) in [6, 6.07) is 10.3. The van der Waals surface area contributed by atoms with Gasteiger partial charge in [0.2, 0.25) is 0 Å². The number of rotatable bonds is 5. The maximum Gasteiger partial charge on any atom is 0.180 e. The van der Waals surface area contributed by atoms with E-state index in [4.69, 9.17) is 21.3 Å². The van der Waals surface area contributed by atoms with Crippen LogP contribution in [-0.2, 0) is 26.7 Å². The average Bonchev–Trinajstić information content (AvgIpc) is 3.55. The lowest BCUT2D eigenvalue weighted by Crippen LogP contribution is -2.25. The van der Waals surface area contributed by atoms with Crippen LogP contribution in [0.5, 0.6) is 5.75 Å². The van der Waals surface area contributed by atoms with E-state index in [9.17, 15) is 4.39 Å². The minimum Gasteiger partial charge on any atom is -0.483 e. The first-order valence-corrected chi connectivity index (χ1v) is 11.6. The number of hydrogen-bond donors (Lipinski definition) is 0. The van der Waals surface area contributed by atoms with E-state index in [-0.39, 0.29) is 12.4 Å². The highest BCUT2D eigenvalue weighted by Gasteiger charge is 2.25. The van der Waals surface area contributed by atoms with E-state index in [0.717, 1.165) is 48.1 Å². The van der Waals surface area contributed by atoms with Crippen LogP contribution in [0.15, 0.2) is 65.0 Å². The number of anilines is 1. The van der Waals surface area contributed by atoms with E-state index in [2.05, 4.69) is 26.1 Å². The molecule has 0 aliphatic carbocycles. The van der Waals surface area contributed by atoms with Gasteiger partial charge in [0.25, 0.3) is 0 Å². The molecule has 0 N–H and O–H groups in total. The standard InChI is InChI=1S/C24H22ClFN8O/c1-31-22(7-8-28-31)33-13-17(25)23(27-15-33)16-11-19-24-30-29-21(34(24)10-4-9-32(19)12-16)14-35-20-6-3-2-5-18(20)26/h2-3,5-8,11-13H,4,9-10,14-15H2,1H3. The van der Waals surface area contributed by atoms with E-state index < -0.39 is 5.82 Å². The Balaban J connectivity index is 1.27. The van der Waals surface area contributed by atoms with Crippen LogP contribution in [0.4, 0.5) is 10.2 Å². The second-order valence-corrected chi connectivity index (χ2v) is 8.79. The topological polar surface area (TPSA) is 78.3 Å². The second kappa shape index (κ2) is 8.70. The molecule has 6 rings (SSSR count). The Hall–Kier alpha value is -3.92. The molecule has 0 spiro atoms. The summed E-state index contributed by atoms with van der Waals surface area (Å²) in [5.41, 5.74) is 2.59. The number of aliphatic imine (C=N–C) groups is 1. The molecule has 0 unspecified atom stereocenters. The molecule has 3 aromatic heterocycles.